The van der Waals surface area contributed by atoms with Crippen LogP contribution in [0.25, 0.3) is 122 Å². The molecule has 4 heterocycles. The first-order chi connectivity index (χ1) is 45.0. The van der Waals surface area contributed by atoms with Gasteiger partial charge in [-0.3, -0.25) is 0 Å². The summed E-state index contributed by atoms with van der Waals surface area (Å²) in [6.45, 7) is 4.34. The number of hydrogen-bond donors (Lipinski definition) is 0. The molecule has 17 aromatic rings. The molecule has 4 aromatic heterocycles. The zero-order valence-corrected chi connectivity index (χ0v) is 50.7. The second kappa shape index (κ2) is 22.1. The Bertz CT molecular complexity index is 5230. The maximum absolute atomic E-state index is 5.80. The number of aromatic nitrogens is 6. The normalized spacial score (nSPS) is 11.6. The summed E-state index contributed by atoms with van der Waals surface area (Å²) in [6, 6.07) is 108. The zero-order valence-electron chi connectivity index (χ0n) is 49.9. The van der Waals surface area contributed by atoms with E-state index in [1.807, 2.05) is 12.1 Å². The highest BCUT2D eigenvalue weighted by Crippen LogP contribution is 2.48. The third-order valence-electron chi connectivity index (χ3n) is 17.6. The molecule has 0 radical (unpaired) electrons. The Kier molecular flexibility index (Phi) is 13.0. The van der Waals surface area contributed by atoms with Crippen LogP contribution in [-0.2, 0) is 0 Å². The molecule has 0 aliphatic carbocycles. The number of anilines is 6. The van der Waals surface area contributed by atoms with Crippen molar-refractivity contribution in [2.24, 2.45) is 0 Å². The number of hydrogen-bond acceptors (Lipinski definition) is 7. The van der Waals surface area contributed by atoms with E-state index >= 15 is 0 Å². The minimum absolute atomic E-state index is 0.741. The number of aryl methyl sites for hydroxylation is 2. The Morgan fingerprint density at radius 1 is 0.275 bits per heavy atom. The fraction of sp³-hybridized carbons (Fsp3) is 0.0244. The highest BCUT2D eigenvalue weighted by atomic mass is 32.1. The topological polar surface area (TPSA) is 67.9 Å². The lowest BCUT2D eigenvalue weighted by Gasteiger charge is -2.26. The molecule has 0 atom stereocenters. The van der Waals surface area contributed by atoms with Crippen LogP contribution in [0.4, 0.5) is 34.1 Å². The molecule has 0 aliphatic heterocycles. The van der Waals surface area contributed by atoms with Gasteiger partial charge in [0.25, 0.3) is 0 Å². The maximum atomic E-state index is 5.80. The van der Waals surface area contributed by atoms with E-state index in [4.69, 9.17) is 18.7 Å². The summed E-state index contributed by atoms with van der Waals surface area (Å²) < 4.78 is 15.1. The Hall–Kier alpha value is -11.8. The highest BCUT2D eigenvalue weighted by molar-refractivity contribution is 7.00. The summed E-state index contributed by atoms with van der Waals surface area (Å²) in [5.41, 5.74) is 25.7. The van der Waals surface area contributed by atoms with Crippen molar-refractivity contribution in [3.05, 3.63) is 314 Å². The molecule has 0 saturated heterocycles. The van der Waals surface area contributed by atoms with E-state index in [0.717, 1.165) is 123 Å². The van der Waals surface area contributed by atoms with Crippen molar-refractivity contribution in [2.45, 2.75) is 13.8 Å². The number of rotatable bonds is 12. The second-order valence-corrected chi connectivity index (χ2v) is 23.8. The van der Waals surface area contributed by atoms with Gasteiger partial charge in [-0.05, 0) is 158 Å². The van der Waals surface area contributed by atoms with Crippen LogP contribution in [0.15, 0.2) is 303 Å². The van der Waals surface area contributed by atoms with Gasteiger partial charge in [-0.15, -0.1) is 0 Å². The Balaban J connectivity index is 0.831. The van der Waals surface area contributed by atoms with Gasteiger partial charge in [0.1, 0.15) is 22.1 Å². The number of nitrogens with zero attached hydrogens (tertiary/aromatic N) is 8. The third kappa shape index (κ3) is 9.20. The molecule has 0 spiro atoms. The van der Waals surface area contributed by atoms with E-state index in [-0.39, 0.29) is 0 Å². The Morgan fingerprint density at radius 3 is 0.956 bits per heavy atom. The van der Waals surface area contributed by atoms with Crippen LogP contribution in [0, 0.1) is 13.8 Å². The van der Waals surface area contributed by atoms with E-state index in [1.165, 1.54) is 55.4 Å². The van der Waals surface area contributed by atoms with Crippen LogP contribution in [-0.4, -0.2) is 27.8 Å². The first kappa shape index (κ1) is 53.5. The zero-order chi connectivity index (χ0) is 60.5. The molecule has 0 N–H and O–H groups in total. The first-order valence-corrected chi connectivity index (χ1v) is 31.4. The molecule has 9 heteroatoms. The molecule has 0 bridgehead atoms. The number of para-hydroxylation sites is 4. The third-order valence-corrected chi connectivity index (χ3v) is 18.2. The fourth-order valence-electron chi connectivity index (χ4n) is 13.5. The summed E-state index contributed by atoms with van der Waals surface area (Å²) in [4.78, 5) is 16.3. The molecule has 0 fully saturated rings. The van der Waals surface area contributed by atoms with E-state index in [0.29, 0.717) is 0 Å². The molecule has 0 aliphatic rings. The maximum Gasteiger partial charge on any atom is 0.115 e. The van der Waals surface area contributed by atoms with Crippen molar-refractivity contribution >= 4 is 112 Å². The summed E-state index contributed by atoms with van der Waals surface area (Å²) in [7, 11) is 0. The van der Waals surface area contributed by atoms with Crippen molar-refractivity contribution in [1.82, 2.24) is 27.8 Å². The lowest BCUT2D eigenvalue weighted by Crippen LogP contribution is -2.10. The second-order valence-electron chi connectivity index (χ2n) is 23.3. The van der Waals surface area contributed by atoms with Crippen LogP contribution >= 0.6 is 11.7 Å². The molecular weight excluding hydrogens is 1130 g/mol. The Morgan fingerprint density at radius 2 is 0.582 bits per heavy atom. The van der Waals surface area contributed by atoms with Crippen molar-refractivity contribution in [2.75, 3.05) is 9.80 Å². The molecule has 8 nitrogen and oxygen atoms in total. The quantitative estimate of drug-likeness (QED) is 0.121. The molecule has 0 amide bonds. The van der Waals surface area contributed by atoms with Gasteiger partial charge in [0, 0.05) is 89.3 Å². The highest BCUT2D eigenvalue weighted by Gasteiger charge is 2.27. The van der Waals surface area contributed by atoms with Gasteiger partial charge in [-0.2, -0.15) is 8.75 Å². The van der Waals surface area contributed by atoms with Gasteiger partial charge in [0.2, 0.25) is 0 Å². The SMILES string of the molecule is Cc1ccc2c(c1)c1cc(N(c3ccccc3)c3ccc(-c4c5nsnc5c(-c5ccc(N(c6ccccc6)c6ccc7c(c6)c6cc(C)ccc6n7-c6ccccc6)cc5)c5nc(-c6ccccc6)c(-c6ccccc6)nc45)cc3)ccc1n2-c1ccccc1. The predicted molar refractivity (Wildman–Crippen MR) is 380 cm³/mol. The molecule has 13 aromatic carbocycles. The van der Waals surface area contributed by atoms with Gasteiger partial charge in [0.15, 0.2) is 0 Å². The van der Waals surface area contributed by atoms with E-state index in [1.54, 1.807) is 0 Å². The molecule has 0 unspecified atom stereocenters. The van der Waals surface area contributed by atoms with Gasteiger partial charge in [0.05, 0.1) is 45.2 Å². The van der Waals surface area contributed by atoms with E-state index in [2.05, 4.69) is 324 Å². The van der Waals surface area contributed by atoms with Crippen molar-refractivity contribution in [1.29, 1.82) is 0 Å². The van der Waals surface area contributed by atoms with Crippen molar-refractivity contribution in [3.63, 3.8) is 0 Å². The average molecular weight is 1190 g/mol. The minimum atomic E-state index is 0.741. The van der Waals surface area contributed by atoms with E-state index in [9.17, 15) is 0 Å². The van der Waals surface area contributed by atoms with Gasteiger partial charge in [-0.1, -0.05) is 181 Å². The first-order valence-electron chi connectivity index (χ1n) is 30.7. The van der Waals surface area contributed by atoms with Gasteiger partial charge < -0.3 is 18.9 Å². The fourth-order valence-corrected chi connectivity index (χ4v) is 14.1. The molecule has 17 rings (SSSR count). The van der Waals surface area contributed by atoms with Crippen LogP contribution < -0.4 is 9.80 Å². The van der Waals surface area contributed by atoms with Crippen LogP contribution in [0.3, 0.4) is 0 Å². The monoisotopic (exact) mass is 1180 g/mol. The van der Waals surface area contributed by atoms with Crippen LogP contribution in [0.5, 0.6) is 0 Å². The lowest BCUT2D eigenvalue weighted by atomic mass is 9.93. The molecule has 430 valence electrons. The van der Waals surface area contributed by atoms with Crippen LogP contribution in [0.1, 0.15) is 11.1 Å². The lowest BCUT2D eigenvalue weighted by molar-refractivity contribution is 1.18. The Labute approximate surface area is 530 Å². The molecule has 0 saturated carbocycles. The van der Waals surface area contributed by atoms with Crippen LogP contribution in [0.2, 0.25) is 0 Å². The standard InChI is InChI=1S/C82H56N8S/c1-53-33-45-71-67(49-53)69-51-65(43-47-73(69)89(71)61-29-17-7-18-30-61)87(59-25-13-5-14-26-59)63-39-35-55(36-40-63)75-79-80(84-78(58-23-11-4-12-24-58)77(83-79)57-21-9-3-10-22-57)76(82-81(75)85-91-86-82)56-37-41-64(42-38-56)88(60-27-15-6-16-28-60)66-44-48-74-70(52-66)68-50-54(2)34-46-72(68)90(74)62-31-19-8-20-32-62/h3-52H,1-2H3. The predicted octanol–water partition coefficient (Wildman–Crippen LogP) is 22.1. The summed E-state index contributed by atoms with van der Waals surface area (Å²) >= 11 is 1.22. The minimum Gasteiger partial charge on any atom is -0.310 e. The summed E-state index contributed by atoms with van der Waals surface area (Å²) in [6.07, 6.45) is 0. The summed E-state index contributed by atoms with van der Waals surface area (Å²) in [5, 5.41) is 4.80. The number of benzene rings is 13. The van der Waals surface area contributed by atoms with Gasteiger partial charge >= 0.3 is 0 Å². The summed E-state index contributed by atoms with van der Waals surface area (Å²) in [5.74, 6) is 0. The molecule has 91 heavy (non-hydrogen) atoms. The number of fused-ring (bicyclic) bond motifs is 8. The van der Waals surface area contributed by atoms with E-state index < -0.39 is 0 Å². The van der Waals surface area contributed by atoms with Gasteiger partial charge in [-0.25, -0.2) is 9.97 Å². The molecular formula is C82H56N8S. The van der Waals surface area contributed by atoms with Crippen molar-refractivity contribution in [3.8, 4) is 56.1 Å². The largest absolute Gasteiger partial charge is 0.310 e. The van der Waals surface area contributed by atoms with Crippen molar-refractivity contribution < 1.29 is 0 Å². The smallest absolute Gasteiger partial charge is 0.115 e. The average Bonchev–Trinajstić information content (AvgIpc) is 1.76.